The van der Waals surface area contributed by atoms with E-state index in [2.05, 4.69) is 12.6 Å². The van der Waals surface area contributed by atoms with Crippen molar-refractivity contribution in [3.05, 3.63) is 42.0 Å². The Morgan fingerprint density at radius 1 is 1.38 bits per heavy atom. The molecule has 1 rings (SSSR count). The van der Waals surface area contributed by atoms with Gasteiger partial charge in [-0.25, -0.2) is 0 Å². The van der Waals surface area contributed by atoms with Crippen molar-refractivity contribution in [1.82, 2.24) is 0 Å². The summed E-state index contributed by atoms with van der Waals surface area (Å²) in [6.07, 6.45) is 0. The maximum atomic E-state index is 8.56. The standard InChI is InChI=1S/C10H9N.C2H6/c1-8(2)10-5-3-4-9(6-10)7-11;1-2/h3-6H,1H2,2H3;1-2H3. The van der Waals surface area contributed by atoms with Crippen LogP contribution in [0.3, 0.4) is 0 Å². The van der Waals surface area contributed by atoms with Gasteiger partial charge in [0.2, 0.25) is 0 Å². The zero-order valence-electron chi connectivity index (χ0n) is 8.46. The van der Waals surface area contributed by atoms with Crippen molar-refractivity contribution in [3.8, 4) is 6.07 Å². The molecular weight excluding hydrogens is 158 g/mol. The predicted octanol–water partition coefficient (Wildman–Crippen LogP) is 3.62. The van der Waals surface area contributed by atoms with Crippen molar-refractivity contribution >= 4 is 5.57 Å². The molecule has 0 saturated heterocycles. The van der Waals surface area contributed by atoms with Gasteiger partial charge in [0.25, 0.3) is 0 Å². The van der Waals surface area contributed by atoms with Crippen LogP contribution >= 0.6 is 0 Å². The fraction of sp³-hybridized carbons (Fsp3) is 0.250. The molecule has 0 aliphatic rings. The monoisotopic (exact) mass is 173 g/mol. The lowest BCUT2D eigenvalue weighted by Gasteiger charge is -1.97. The van der Waals surface area contributed by atoms with Crippen LogP contribution in [-0.2, 0) is 0 Å². The largest absolute Gasteiger partial charge is 0.192 e. The average molecular weight is 173 g/mol. The van der Waals surface area contributed by atoms with Crippen LogP contribution in [-0.4, -0.2) is 0 Å². The zero-order valence-corrected chi connectivity index (χ0v) is 8.46. The van der Waals surface area contributed by atoms with Gasteiger partial charge in [0, 0.05) is 0 Å². The first-order valence-electron chi connectivity index (χ1n) is 4.40. The zero-order chi connectivity index (χ0) is 10.3. The van der Waals surface area contributed by atoms with Gasteiger partial charge in [-0.2, -0.15) is 5.26 Å². The van der Waals surface area contributed by atoms with E-state index in [0.717, 1.165) is 11.1 Å². The van der Waals surface area contributed by atoms with Crippen molar-refractivity contribution in [2.24, 2.45) is 0 Å². The van der Waals surface area contributed by atoms with Gasteiger partial charge >= 0.3 is 0 Å². The number of nitriles is 1. The van der Waals surface area contributed by atoms with Gasteiger partial charge in [-0.3, -0.25) is 0 Å². The molecule has 0 radical (unpaired) electrons. The molecule has 0 saturated carbocycles. The van der Waals surface area contributed by atoms with Gasteiger partial charge in [0.1, 0.15) is 0 Å². The molecule has 1 heteroatoms. The summed E-state index contributed by atoms with van der Waals surface area (Å²) in [6.45, 7) is 9.72. The molecule has 0 spiro atoms. The first-order chi connectivity index (χ1) is 6.24. The number of rotatable bonds is 1. The van der Waals surface area contributed by atoms with Crippen LogP contribution in [0.5, 0.6) is 0 Å². The molecule has 13 heavy (non-hydrogen) atoms. The van der Waals surface area contributed by atoms with Crippen LogP contribution in [0.1, 0.15) is 31.9 Å². The number of benzene rings is 1. The summed E-state index contributed by atoms with van der Waals surface area (Å²) in [4.78, 5) is 0. The molecule has 0 aliphatic carbocycles. The highest BCUT2D eigenvalue weighted by molar-refractivity contribution is 5.62. The Hall–Kier alpha value is -1.55. The lowest BCUT2D eigenvalue weighted by atomic mass is 10.1. The SMILES string of the molecule is C=C(C)c1cccc(C#N)c1.CC. The van der Waals surface area contributed by atoms with Crippen LogP contribution in [0, 0.1) is 11.3 Å². The average Bonchev–Trinajstić information content (AvgIpc) is 2.21. The Kier molecular flexibility index (Phi) is 5.30. The predicted molar refractivity (Wildman–Crippen MR) is 57.2 cm³/mol. The van der Waals surface area contributed by atoms with Gasteiger partial charge in [-0.05, 0) is 24.6 Å². The third-order valence-corrected chi connectivity index (χ3v) is 1.48. The maximum absolute atomic E-state index is 8.56. The van der Waals surface area contributed by atoms with Crippen molar-refractivity contribution in [1.29, 1.82) is 5.26 Å². The Bertz CT molecular complexity index is 318. The molecule has 1 nitrogen and oxygen atoms in total. The van der Waals surface area contributed by atoms with E-state index >= 15 is 0 Å². The van der Waals surface area contributed by atoms with Gasteiger partial charge < -0.3 is 0 Å². The van der Waals surface area contributed by atoms with E-state index in [1.165, 1.54) is 0 Å². The molecule has 0 N–H and O–H groups in total. The van der Waals surface area contributed by atoms with Crippen LogP contribution in [0.15, 0.2) is 30.8 Å². The maximum Gasteiger partial charge on any atom is 0.0991 e. The third-order valence-electron chi connectivity index (χ3n) is 1.48. The topological polar surface area (TPSA) is 23.8 Å². The second kappa shape index (κ2) is 6.02. The van der Waals surface area contributed by atoms with Gasteiger partial charge in [0.15, 0.2) is 0 Å². The fourth-order valence-corrected chi connectivity index (χ4v) is 0.854. The summed E-state index contributed by atoms with van der Waals surface area (Å²) in [5.74, 6) is 0. The van der Waals surface area contributed by atoms with Gasteiger partial charge in [-0.15, -0.1) is 0 Å². The second-order valence-electron chi connectivity index (χ2n) is 2.47. The quantitative estimate of drug-likeness (QED) is 0.636. The molecule has 1 aromatic rings. The van der Waals surface area contributed by atoms with Crippen molar-refractivity contribution in [2.45, 2.75) is 20.8 Å². The molecule has 0 atom stereocenters. The number of hydrogen-bond acceptors (Lipinski definition) is 1. The van der Waals surface area contributed by atoms with E-state index in [0.29, 0.717) is 5.56 Å². The van der Waals surface area contributed by atoms with Crippen molar-refractivity contribution in [2.75, 3.05) is 0 Å². The van der Waals surface area contributed by atoms with Crippen molar-refractivity contribution in [3.63, 3.8) is 0 Å². The highest BCUT2D eigenvalue weighted by atomic mass is 14.2. The first kappa shape index (κ1) is 11.4. The van der Waals surface area contributed by atoms with Crippen LogP contribution < -0.4 is 0 Å². The van der Waals surface area contributed by atoms with Crippen LogP contribution in [0.25, 0.3) is 5.57 Å². The van der Waals surface area contributed by atoms with E-state index in [1.54, 1.807) is 6.07 Å². The number of nitrogens with zero attached hydrogens (tertiary/aromatic N) is 1. The van der Waals surface area contributed by atoms with Crippen LogP contribution in [0.4, 0.5) is 0 Å². The summed E-state index contributed by atoms with van der Waals surface area (Å²) < 4.78 is 0. The minimum absolute atomic E-state index is 0.686. The van der Waals surface area contributed by atoms with E-state index in [4.69, 9.17) is 5.26 Å². The Labute approximate surface area is 80.3 Å². The van der Waals surface area contributed by atoms with E-state index < -0.39 is 0 Å². The molecule has 0 aliphatic heterocycles. The molecule has 0 fully saturated rings. The summed E-state index contributed by atoms with van der Waals surface area (Å²) in [5, 5.41) is 8.56. The lowest BCUT2D eigenvalue weighted by Crippen LogP contribution is -1.79. The summed E-state index contributed by atoms with van der Waals surface area (Å²) in [7, 11) is 0. The molecule has 0 heterocycles. The normalized spacial score (nSPS) is 7.85. The molecule has 1 aromatic carbocycles. The first-order valence-corrected chi connectivity index (χ1v) is 4.40. The summed E-state index contributed by atoms with van der Waals surface area (Å²) in [5.41, 5.74) is 2.71. The molecule has 0 bridgehead atoms. The Morgan fingerprint density at radius 2 is 2.00 bits per heavy atom. The molecular formula is C12H15N. The summed E-state index contributed by atoms with van der Waals surface area (Å²) in [6, 6.07) is 9.51. The number of allylic oxidation sites excluding steroid dienone is 1. The Morgan fingerprint density at radius 3 is 2.46 bits per heavy atom. The van der Waals surface area contributed by atoms with E-state index in [1.807, 2.05) is 39.0 Å². The van der Waals surface area contributed by atoms with Gasteiger partial charge in [0.05, 0.1) is 11.6 Å². The highest BCUT2D eigenvalue weighted by Crippen LogP contribution is 2.12. The van der Waals surface area contributed by atoms with Crippen molar-refractivity contribution < 1.29 is 0 Å². The molecule has 0 unspecified atom stereocenters. The third kappa shape index (κ3) is 3.57. The van der Waals surface area contributed by atoms with E-state index in [-0.39, 0.29) is 0 Å². The molecule has 0 aromatic heterocycles. The fourth-order valence-electron chi connectivity index (χ4n) is 0.854. The summed E-state index contributed by atoms with van der Waals surface area (Å²) >= 11 is 0. The van der Waals surface area contributed by atoms with E-state index in [9.17, 15) is 0 Å². The second-order valence-corrected chi connectivity index (χ2v) is 2.47. The smallest absolute Gasteiger partial charge is 0.0991 e. The lowest BCUT2D eigenvalue weighted by molar-refractivity contribution is 1.47. The Balaban J connectivity index is 0.000000671. The minimum Gasteiger partial charge on any atom is -0.192 e. The number of hydrogen-bond donors (Lipinski definition) is 0. The minimum atomic E-state index is 0.686. The molecule has 0 amide bonds. The van der Waals surface area contributed by atoms with Crippen LogP contribution in [0.2, 0.25) is 0 Å². The highest BCUT2D eigenvalue weighted by Gasteiger charge is 1.93. The van der Waals surface area contributed by atoms with Gasteiger partial charge in [-0.1, -0.05) is 38.1 Å². The molecule has 68 valence electrons.